The monoisotopic (exact) mass is 207 g/mol. The molecular formula is C11H13NOS. The van der Waals surface area contributed by atoms with E-state index in [1.807, 2.05) is 30.0 Å². The highest BCUT2D eigenvalue weighted by molar-refractivity contribution is 8.01. The molecule has 0 spiro atoms. The second kappa shape index (κ2) is 4.05. The molecule has 0 aromatic heterocycles. The third-order valence-corrected chi connectivity index (χ3v) is 3.52. The molecule has 3 heteroatoms. The van der Waals surface area contributed by atoms with Crippen molar-refractivity contribution in [2.75, 3.05) is 5.88 Å². The van der Waals surface area contributed by atoms with Crippen LogP contribution in [0.5, 0.6) is 0 Å². The van der Waals surface area contributed by atoms with Gasteiger partial charge in [-0.05, 0) is 12.5 Å². The van der Waals surface area contributed by atoms with Crippen LogP contribution in [0.1, 0.15) is 12.5 Å². The Morgan fingerprint density at radius 3 is 2.71 bits per heavy atom. The average molecular weight is 207 g/mol. The lowest BCUT2D eigenvalue weighted by Crippen LogP contribution is -2.27. The third kappa shape index (κ3) is 1.93. The van der Waals surface area contributed by atoms with Gasteiger partial charge >= 0.3 is 0 Å². The van der Waals surface area contributed by atoms with Gasteiger partial charge in [0.1, 0.15) is 0 Å². The molecule has 1 fully saturated rings. The minimum atomic E-state index is 0.138. The Hall–Kier alpha value is -0.960. The van der Waals surface area contributed by atoms with E-state index in [9.17, 15) is 4.79 Å². The van der Waals surface area contributed by atoms with E-state index < -0.39 is 0 Å². The summed E-state index contributed by atoms with van der Waals surface area (Å²) in [6, 6.07) is 10.1. The third-order valence-electron chi connectivity index (χ3n) is 2.36. The molecule has 1 aliphatic rings. The molecule has 0 bridgehead atoms. The summed E-state index contributed by atoms with van der Waals surface area (Å²) in [5.74, 6) is 1.09. The van der Waals surface area contributed by atoms with Crippen LogP contribution >= 0.6 is 11.8 Å². The van der Waals surface area contributed by atoms with Crippen LogP contribution < -0.4 is 0 Å². The summed E-state index contributed by atoms with van der Waals surface area (Å²) in [7, 11) is 0. The molecule has 0 radical (unpaired) electrons. The first kappa shape index (κ1) is 9.59. The van der Waals surface area contributed by atoms with Gasteiger partial charge in [0.15, 0.2) is 0 Å². The molecule has 0 N–H and O–H groups in total. The van der Waals surface area contributed by atoms with E-state index in [1.165, 1.54) is 5.56 Å². The number of carbonyl (C=O) groups is 1. The van der Waals surface area contributed by atoms with Crippen LogP contribution in [0.15, 0.2) is 30.3 Å². The highest BCUT2D eigenvalue weighted by Crippen LogP contribution is 2.24. The van der Waals surface area contributed by atoms with Gasteiger partial charge in [-0.2, -0.15) is 0 Å². The van der Waals surface area contributed by atoms with E-state index in [0.29, 0.717) is 0 Å². The Labute approximate surface area is 88.3 Å². The summed E-state index contributed by atoms with van der Waals surface area (Å²) < 4.78 is 0. The molecule has 0 aliphatic carbocycles. The van der Waals surface area contributed by atoms with Gasteiger partial charge in [-0.15, -0.1) is 11.8 Å². The Balaban J connectivity index is 2.02. The summed E-state index contributed by atoms with van der Waals surface area (Å²) in [5, 5.41) is 0.138. The van der Waals surface area contributed by atoms with Crippen LogP contribution in [0.4, 0.5) is 0 Å². The number of benzene rings is 1. The summed E-state index contributed by atoms with van der Waals surface area (Å²) in [5.41, 5.74) is 1.20. The van der Waals surface area contributed by atoms with Crippen molar-refractivity contribution in [3.8, 4) is 0 Å². The first-order chi connectivity index (χ1) is 6.77. The van der Waals surface area contributed by atoms with Gasteiger partial charge < -0.3 is 4.90 Å². The average Bonchev–Trinajstić information content (AvgIpc) is 2.52. The zero-order valence-corrected chi connectivity index (χ0v) is 8.96. The first-order valence-electron chi connectivity index (χ1n) is 4.71. The van der Waals surface area contributed by atoms with Crippen molar-refractivity contribution in [3.63, 3.8) is 0 Å². The van der Waals surface area contributed by atoms with E-state index in [4.69, 9.17) is 0 Å². The SMILES string of the molecule is CC1SCN(Cc2ccccc2)C1=O. The molecule has 1 saturated heterocycles. The van der Waals surface area contributed by atoms with E-state index >= 15 is 0 Å². The quantitative estimate of drug-likeness (QED) is 0.740. The number of rotatable bonds is 2. The lowest BCUT2D eigenvalue weighted by Gasteiger charge is -2.14. The predicted octanol–water partition coefficient (Wildman–Crippen LogP) is 2.11. The molecule has 1 aliphatic heterocycles. The molecule has 1 atom stereocenters. The van der Waals surface area contributed by atoms with Crippen molar-refractivity contribution >= 4 is 17.7 Å². The summed E-state index contributed by atoms with van der Waals surface area (Å²) in [6.07, 6.45) is 0. The molecule has 1 amide bonds. The molecular weight excluding hydrogens is 194 g/mol. The Morgan fingerprint density at radius 1 is 1.43 bits per heavy atom. The molecule has 1 aromatic carbocycles. The number of nitrogens with zero attached hydrogens (tertiary/aromatic N) is 1. The molecule has 74 valence electrons. The fourth-order valence-electron chi connectivity index (χ4n) is 1.52. The van der Waals surface area contributed by atoms with Crippen LogP contribution in [-0.2, 0) is 11.3 Å². The molecule has 1 aromatic rings. The standard InChI is InChI=1S/C11H13NOS/c1-9-11(13)12(8-14-9)7-10-5-3-2-4-6-10/h2-6,9H,7-8H2,1H3. The van der Waals surface area contributed by atoms with Gasteiger partial charge in [0.2, 0.25) is 5.91 Å². The molecule has 14 heavy (non-hydrogen) atoms. The maximum Gasteiger partial charge on any atom is 0.236 e. The zero-order chi connectivity index (χ0) is 9.97. The number of hydrogen-bond donors (Lipinski definition) is 0. The second-order valence-corrected chi connectivity index (χ2v) is 4.76. The van der Waals surface area contributed by atoms with E-state index in [1.54, 1.807) is 11.8 Å². The normalized spacial score (nSPS) is 21.6. The number of carbonyl (C=O) groups excluding carboxylic acids is 1. The van der Waals surface area contributed by atoms with Gasteiger partial charge in [0, 0.05) is 6.54 Å². The van der Waals surface area contributed by atoms with Crippen LogP contribution in [0.3, 0.4) is 0 Å². The topological polar surface area (TPSA) is 20.3 Å². The molecule has 1 unspecified atom stereocenters. The van der Waals surface area contributed by atoms with Crippen molar-refractivity contribution in [1.82, 2.24) is 4.90 Å². The van der Waals surface area contributed by atoms with Crippen molar-refractivity contribution in [1.29, 1.82) is 0 Å². The maximum absolute atomic E-state index is 11.6. The minimum Gasteiger partial charge on any atom is -0.328 e. The molecule has 0 saturated carbocycles. The van der Waals surface area contributed by atoms with Gasteiger partial charge in [-0.3, -0.25) is 4.79 Å². The summed E-state index contributed by atoms with van der Waals surface area (Å²) >= 11 is 1.71. The minimum absolute atomic E-state index is 0.138. The predicted molar refractivity (Wildman–Crippen MR) is 58.9 cm³/mol. The van der Waals surface area contributed by atoms with Crippen molar-refractivity contribution < 1.29 is 4.79 Å². The maximum atomic E-state index is 11.6. The Bertz CT molecular complexity index is 325. The van der Waals surface area contributed by atoms with Crippen LogP contribution in [0.25, 0.3) is 0 Å². The van der Waals surface area contributed by atoms with Crippen LogP contribution in [0.2, 0.25) is 0 Å². The Morgan fingerprint density at radius 2 is 2.14 bits per heavy atom. The van der Waals surface area contributed by atoms with Gasteiger partial charge in [0.05, 0.1) is 11.1 Å². The summed E-state index contributed by atoms with van der Waals surface area (Å²) in [6.45, 7) is 2.72. The van der Waals surface area contributed by atoms with Gasteiger partial charge in [0.25, 0.3) is 0 Å². The lowest BCUT2D eigenvalue weighted by molar-refractivity contribution is -0.128. The highest BCUT2D eigenvalue weighted by atomic mass is 32.2. The lowest BCUT2D eigenvalue weighted by atomic mass is 10.2. The molecule has 1 heterocycles. The van der Waals surface area contributed by atoms with E-state index in [0.717, 1.165) is 12.4 Å². The number of amides is 1. The van der Waals surface area contributed by atoms with E-state index in [-0.39, 0.29) is 11.2 Å². The number of hydrogen-bond acceptors (Lipinski definition) is 2. The van der Waals surface area contributed by atoms with Crippen LogP contribution in [0, 0.1) is 0 Å². The fraction of sp³-hybridized carbons (Fsp3) is 0.364. The van der Waals surface area contributed by atoms with E-state index in [2.05, 4.69) is 12.1 Å². The van der Waals surface area contributed by atoms with Crippen molar-refractivity contribution in [3.05, 3.63) is 35.9 Å². The second-order valence-electron chi connectivity index (χ2n) is 3.46. The smallest absolute Gasteiger partial charge is 0.236 e. The van der Waals surface area contributed by atoms with Gasteiger partial charge in [-0.1, -0.05) is 30.3 Å². The Kier molecular flexibility index (Phi) is 2.77. The zero-order valence-electron chi connectivity index (χ0n) is 8.14. The largest absolute Gasteiger partial charge is 0.328 e. The number of thioether (sulfide) groups is 1. The fourth-order valence-corrected chi connectivity index (χ4v) is 2.43. The van der Waals surface area contributed by atoms with Crippen molar-refractivity contribution in [2.24, 2.45) is 0 Å². The highest BCUT2D eigenvalue weighted by Gasteiger charge is 2.28. The molecule has 2 rings (SSSR count). The first-order valence-corrected chi connectivity index (χ1v) is 5.76. The van der Waals surface area contributed by atoms with Gasteiger partial charge in [-0.25, -0.2) is 0 Å². The van der Waals surface area contributed by atoms with Crippen LogP contribution in [-0.4, -0.2) is 21.9 Å². The van der Waals surface area contributed by atoms with Crippen molar-refractivity contribution in [2.45, 2.75) is 18.7 Å². The summed E-state index contributed by atoms with van der Waals surface area (Å²) in [4.78, 5) is 13.5. The molecule has 2 nitrogen and oxygen atoms in total.